The van der Waals surface area contributed by atoms with Crippen molar-refractivity contribution in [3.63, 3.8) is 0 Å². The van der Waals surface area contributed by atoms with Crippen molar-refractivity contribution in [2.45, 2.75) is 44.1 Å². The number of benzene rings is 2. The molecule has 2 aromatic rings. The van der Waals surface area contributed by atoms with Crippen LogP contribution >= 0.6 is 0 Å². The van der Waals surface area contributed by atoms with Crippen molar-refractivity contribution >= 4 is 11.8 Å². The van der Waals surface area contributed by atoms with E-state index in [9.17, 15) is 14.0 Å². The number of halogens is 1. The molecule has 0 saturated carbocycles. The molecule has 4 rings (SSSR count). The molecule has 2 aliphatic rings. The van der Waals surface area contributed by atoms with Crippen LogP contribution in [0.4, 0.5) is 4.39 Å². The van der Waals surface area contributed by atoms with Crippen LogP contribution in [-0.2, 0) is 14.3 Å². The third-order valence-electron chi connectivity index (χ3n) is 6.66. The molecule has 2 fully saturated rings. The van der Waals surface area contributed by atoms with Crippen LogP contribution in [-0.4, -0.2) is 73.2 Å². The van der Waals surface area contributed by atoms with E-state index in [1.165, 1.54) is 6.07 Å². The Morgan fingerprint density at radius 2 is 1.64 bits per heavy atom. The van der Waals surface area contributed by atoms with E-state index in [-0.39, 0.29) is 50.2 Å². The highest BCUT2D eigenvalue weighted by atomic mass is 19.1. The maximum Gasteiger partial charge on any atom is 0.225 e. The van der Waals surface area contributed by atoms with Crippen molar-refractivity contribution in [1.82, 2.24) is 9.80 Å². The fraction of sp³-hybridized carbons (Fsp3) is 0.500. The molecule has 1 unspecified atom stereocenters. The van der Waals surface area contributed by atoms with Gasteiger partial charge in [0.25, 0.3) is 0 Å². The first kappa shape index (κ1) is 25.9. The highest BCUT2D eigenvalue weighted by Crippen LogP contribution is 2.27. The van der Waals surface area contributed by atoms with Crippen LogP contribution < -0.4 is 9.47 Å². The van der Waals surface area contributed by atoms with E-state index in [1.807, 2.05) is 35.2 Å². The lowest BCUT2D eigenvalue weighted by Crippen LogP contribution is -2.58. The van der Waals surface area contributed by atoms with E-state index in [1.54, 1.807) is 23.1 Å². The number of carbonyl (C=O) groups is 2. The number of para-hydroxylation sites is 2. The molecule has 0 aliphatic carbocycles. The van der Waals surface area contributed by atoms with Crippen LogP contribution in [0.1, 0.15) is 38.5 Å². The molecule has 194 valence electrons. The van der Waals surface area contributed by atoms with Crippen LogP contribution in [0, 0.1) is 5.82 Å². The summed E-state index contributed by atoms with van der Waals surface area (Å²) in [6.45, 7) is 3.02. The lowest BCUT2D eigenvalue weighted by molar-refractivity contribution is -0.166. The number of likely N-dealkylation sites (tertiary alicyclic amines) is 1. The third kappa shape index (κ3) is 7.20. The maximum absolute atomic E-state index is 13.7. The Labute approximate surface area is 212 Å². The molecule has 0 radical (unpaired) electrons. The van der Waals surface area contributed by atoms with Crippen LogP contribution in [0.15, 0.2) is 54.6 Å². The fourth-order valence-corrected chi connectivity index (χ4v) is 4.69. The molecule has 2 heterocycles. The lowest BCUT2D eigenvalue weighted by Gasteiger charge is -2.43. The Morgan fingerprint density at radius 1 is 0.889 bits per heavy atom. The molecule has 0 N–H and O–H groups in total. The minimum atomic E-state index is -0.915. The van der Waals surface area contributed by atoms with Gasteiger partial charge in [0.2, 0.25) is 11.8 Å². The monoisotopic (exact) mass is 498 g/mol. The van der Waals surface area contributed by atoms with E-state index in [0.29, 0.717) is 25.3 Å². The number of ether oxygens (including phenoxy) is 3. The zero-order chi connectivity index (χ0) is 25.2. The molecular formula is C28H35FN2O5. The smallest absolute Gasteiger partial charge is 0.225 e. The Morgan fingerprint density at radius 3 is 2.42 bits per heavy atom. The normalized spacial score (nSPS) is 20.1. The summed E-state index contributed by atoms with van der Waals surface area (Å²) >= 11 is 0. The number of nitrogens with zero attached hydrogens (tertiary/aromatic N) is 2. The molecule has 0 bridgehead atoms. The van der Waals surface area contributed by atoms with Gasteiger partial charge in [-0.05, 0) is 49.9 Å². The summed E-state index contributed by atoms with van der Waals surface area (Å²) in [7, 11) is 0. The van der Waals surface area contributed by atoms with Gasteiger partial charge in [-0.15, -0.1) is 0 Å². The Kier molecular flexibility index (Phi) is 9.17. The van der Waals surface area contributed by atoms with Gasteiger partial charge in [0.1, 0.15) is 18.0 Å². The average Bonchev–Trinajstić information content (AvgIpc) is 2.92. The molecule has 8 heteroatoms. The van der Waals surface area contributed by atoms with Crippen molar-refractivity contribution in [1.29, 1.82) is 0 Å². The molecule has 0 aromatic heterocycles. The second-order valence-corrected chi connectivity index (χ2v) is 9.45. The first-order valence-corrected chi connectivity index (χ1v) is 12.8. The Hall–Kier alpha value is -3.13. The minimum absolute atomic E-state index is 0.0371. The number of hydrogen-bond acceptors (Lipinski definition) is 5. The zero-order valence-electron chi connectivity index (χ0n) is 20.7. The van der Waals surface area contributed by atoms with Gasteiger partial charge in [-0.1, -0.05) is 30.3 Å². The van der Waals surface area contributed by atoms with Gasteiger partial charge >= 0.3 is 0 Å². The van der Waals surface area contributed by atoms with E-state index in [4.69, 9.17) is 14.2 Å². The van der Waals surface area contributed by atoms with Gasteiger partial charge < -0.3 is 24.0 Å². The van der Waals surface area contributed by atoms with Crippen molar-refractivity contribution in [3.8, 4) is 11.5 Å². The second kappa shape index (κ2) is 12.7. The number of carbonyl (C=O) groups excluding carboxylic acids is 2. The highest BCUT2D eigenvalue weighted by molar-refractivity contribution is 5.79. The summed E-state index contributed by atoms with van der Waals surface area (Å²) in [5.74, 6) is 0.465. The first-order chi connectivity index (χ1) is 17.5. The van der Waals surface area contributed by atoms with Gasteiger partial charge in [0, 0.05) is 26.1 Å². The van der Waals surface area contributed by atoms with Crippen LogP contribution in [0.5, 0.6) is 11.5 Å². The molecule has 2 aliphatic heterocycles. The fourth-order valence-electron chi connectivity index (χ4n) is 4.69. The summed E-state index contributed by atoms with van der Waals surface area (Å²) in [6, 6.07) is 15.6. The molecule has 2 saturated heterocycles. The predicted octanol–water partition coefficient (Wildman–Crippen LogP) is 4.06. The average molecular weight is 499 g/mol. The summed E-state index contributed by atoms with van der Waals surface area (Å²) in [4.78, 5) is 29.9. The minimum Gasteiger partial charge on any atom is -0.491 e. The molecule has 1 atom stereocenters. The summed E-state index contributed by atoms with van der Waals surface area (Å²) < 4.78 is 31.4. The maximum atomic E-state index is 13.7. The van der Waals surface area contributed by atoms with Crippen molar-refractivity contribution in [2.24, 2.45) is 0 Å². The van der Waals surface area contributed by atoms with Gasteiger partial charge in [-0.2, -0.15) is 0 Å². The van der Waals surface area contributed by atoms with Gasteiger partial charge in [0.05, 0.1) is 26.2 Å². The molecule has 0 spiro atoms. The standard InChI is InChI=1S/C28H35FN2O5/c29-24-12-5-6-13-25(24)34-18-9-14-26(32)31-17-19-36-28(21-31,22-35-23-10-3-1-4-11-23)20-27(33)30-15-7-2-8-16-30/h1,3-6,10-13H,2,7-9,14-22H2. The largest absolute Gasteiger partial charge is 0.491 e. The van der Waals surface area contributed by atoms with Crippen molar-refractivity contribution in [3.05, 3.63) is 60.4 Å². The highest BCUT2D eigenvalue weighted by Gasteiger charge is 2.42. The molecular weight excluding hydrogens is 463 g/mol. The van der Waals surface area contributed by atoms with E-state index >= 15 is 0 Å². The SMILES string of the molecule is O=C(CC1(COc2ccccc2)CN(C(=O)CCCOc2ccccc2F)CCO1)N1CCCCC1. The van der Waals surface area contributed by atoms with Gasteiger partial charge in [0.15, 0.2) is 11.6 Å². The number of morpholine rings is 1. The quantitative estimate of drug-likeness (QED) is 0.462. The van der Waals surface area contributed by atoms with Crippen molar-refractivity contribution in [2.75, 3.05) is 46.0 Å². The van der Waals surface area contributed by atoms with E-state index < -0.39 is 11.4 Å². The number of amides is 2. The molecule has 7 nitrogen and oxygen atoms in total. The van der Waals surface area contributed by atoms with Crippen LogP contribution in [0.2, 0.25) is 0 Å². The summed E-state index contributed by atoms with van der Waals surface area (Å²) in [5.41, 5.74) is -0.915. The summed E-state index contributed by atoms with van der Waals surface area (Å²) in [6.07, 6.45) is 4.07. The van der Waals surface area contributed by atoms with E-state index in [0.717, 1.165) is 32.4 Å². The number of hydrogen-bond donors (Lipinski definition) is 0. The molecule has 2 amide bonds. The molecule has 36 heavy (non-hydrogen) atoms. The lowest BCUT2D eigenvalue weighted by atomic mass is 9.96. The number of piperidine rings is 1. The van der Waals surface area contributed by atoms with Crippen LogP contribution in [0.3, 0.4) is 0 Å². The van der Waals surface area contributed by atoms with Crippen molar-refractivity contribution < 1.29 is 28.2 Å². The second-order valence-electron chi connectivity index (χ2n) is 9.45. The van der Waals surface area contributed by atoms with Crippen LogP contribution in [0.25, 0.3) is 0 Å². The van der Waals surface area contributed by atoms with Gasteiger partial charge in [-0.25, -0.2) is 4.39 Å². The Bertz CT molecular complexity index is 998. The predicted molar refractivity (Wildman–Crippen MR) is 133 cm³/mol. The zero-order valence-corrected chi connectivity index (χ0v) is 20.7. The first-order valence-electron chi connectivity index (χ1n) is 12.8. The topological polar surface area (TPSA) is 68.3 Å². The van der Waals surface area contributed by atoms with E-state index in [2.05, 4.69) is 0 Å². The molecule has 2 aromatic carbocycles. The number of rotatable bonds is 10. The summed E-state index contributed by atoms with van der Waals surface area (Å²) in [5, 5.41) is 0. The van der Waals surface area contributed by atoms with Gasteiger partial charge in [-0.3, -0.25) is 9.59 Å². The Balaban J connectivity index is 1.36. The third-order valence-corrected chi connectivity index (χ3v) is 6.66.